The fourth-order valence-corrected chi connectivity index (χ4v) is 1.39. The predicted molar refractivity (Wildman–Crippen MR) is 46.5 cm³/mol. The summed E-state index contributed by atoms with van der Waals surface area (Å²) in [5.41, 5.74) is 3.03. The molecule has 2 nitrogen and oxygen atoms in total. The van der Waals surface area contributed by atoms with Gasteiger partial charge in [0, 0.05) is 19.8 Å². The van der Waals surface area contributed by atoms with E-state index in [1.54, 1.807) is 0 Å². The average molecular weight is 153 g/mol. The Bertz CT molecular complexity index is 238. The van der Waals surface area contributed by atoms with E-state index >= 15 is 0 Å². The molecule has 0 fully saturated rings. The van der Waals surface area contributed by atoms with Crippen LogP contribution >= 0.6 is 0 Å². The highest BCUT2D eigenvalue weighted by Gasteiger charge is 2.22. The fourth-order valence-electron chi connectivity index (χ4n) is 1.39. The van der Waals surface area contributed by atoms with E-state index in [-0.39, 0.29) is 0 Å². The average Bonchev–Trinajstić information content (AvgIpc) is 1.97. The van der Waals surface area contributed by atoms with E-state index in [0.29, 0.717) is 5.92 Å². The molecule has 11 heavy (non-hydrogen) atoms. The first-order valence-electron chi connectivity index (χ1n) is 4.01. The van der Waals surface area contributed by atoms with Crippen LogP contribution in [0.1, 0.15) is 34.1 Å². The second-order valence-corrected chi connectivity index (χ2v) is 3.41. The van der Waals surface area contributed by atoms with Crippen LogP contribution in [0, 0.1) is 11.1 Å². The topological polar surface area (TPSA) is 26.1 Å². The highest BCUT2D eigenvalue weighted by Crippen LogP contribution is 2.21. The van der Waals surface area contributed by atoms with Gasteiger partial charge in [-0.05, 0) is 18.9 Å². The Labute approximate surface area is 67.8 Å². The summed E-state index contributed by atoms with van der Waals surface area (Å²) in [4.78, 5) is 0. The summed E-state index contributed by atoms with van der Waals surface area (Å²) in [6.07, 6.45) is 1.04. The molecule has 1 aliphatic heterocycles. The summed E-state index contributed by atoms with van der Waals surface area (Å²) in [6, 6.07) is 0. The highest BCUT2D eigenvalue weighted by atomic mass is 16.5. The molecule has 0 radical (unpaired) electrons. The molecule has 0 aromatic heterocycles. The summed E-state index contributed by atoms with van der Waals surface area (Å²) in [5, 5.41) is 11.4. The fraction of sp³-hybridized carbons (Fsp3) is 0.667. The maximum atomic E-state index is 11.4. The molecule has 62 valence electrons. The molecular weight excluding hydrogens is 138 g/mol. The minimum absolute atomic E-state index is 0.413. The highest BCUT2D eigenvalue weighted by molar-refractivity contribution is 5.80. The van der Waals surface area contributed by atoms with Crippen molar-refractivity contribution in [2.45, 2.75) is 34.1 Å². The third kappa shape index (κ3) is 1.30. The Balaban J connectivity index is 3.07. The lowest BCUT2D eigenvalue weighted by Crippen LogP contribution is -2.24. The zero-order chi connectivity index (χ0) is 8.59. The Morgan fingerprint density at radius 3 is 2.45 bits per heavy atom. The van der Waals surface area contributed by atoms with Gasteiger partial charge in [-0.2, -0.15) is 4.74 Å². The van der Waals surface area contributed by atoms with Crippen LogP contribution in [0.4, 0.5) is 0 Å². The van der Waals surface area contributed by atoms with Gasteiger partial charge in [0.25, 0.3) is 0 Å². The van der Waals surface area contributed by atoms with E-state index in [4.69, 9.17) is 0 Å². The van der Waals surface area contributed by atoms with Crippen LogP contribution in [0.5, 0.6) is 0 Å². The summed E-state index contributed by atoms with van der Waals surface area (Å²) in [6.45, 7) is 7.92. The molecule has 0 aromatic carbocycles. The summed E-state index contributed by atoms with van der Waals surface area (Å²) in [5.74, 6) is 0.413. The molecule has 1 aliphatic rings. The Kier molecular flexibility index (Phi) is 2.03. The number of rotatable bonds is 0. The van der Waals surface area contributed by atoms with Gasteiger partial charge in [-0.3, -0.25) is 0 Å². The van der Waals surface area contributed by atoms with E-state index in [0.717, 1.165) is 22.6 Å². The van der Waals surface area contributed by atoms with Gasteiger partial charge in [0.05, 0.1) is 0 Å². The predicted octanol–water partition coefficient (Wildman–Crippen LogP) is 2.29. The monoisotopic (exact) mass is 153 g/mol. The van der Waals surface area contributed by atoms with Crippen molar-refractivity contribution in [1.82, 2.24) is 0 Å². The maximum Gasteiger partial charge on any atom is 0.188 e. The third-order valence-electron chi connectivity index (χ3n) is 2.57. The zero-order valence-corrected chi connectivity index (χ0v) is 7.64. The molecule has 0 aromatic rings. The van der Waals surface area contributed by atoms with Crippen molar-refractivity contribution in [2.24, 2.45) is 5.92 Å². The number of allylic oxidation sites excluding steroid dienone is 2. The Morgan fingerprint density at radius 1 is 1.36 bits per heavy atom. The van der Waals surface area contributed by atoms with Crippen LogP contribution in [0.2, 0.25) is 0 Å². The number of hydrogen-bond acceptors (Lipinski definition) is 1. The lowest BCUT2D eigenvalue weighted by atomic mass is 9.94. The van der Waals surface area contributed by atoms with Crippen molar-refractivity contribution >= 4 is 5.71 Å². The molecule has 1 unspecified atom stereocenters. The van der Waals surface area contributed by atoms with E-state index in [1.165, 1.54) is 5.57 Å². The largest absolute Gasteiger partial charge is 0.619 e. The van der Waals surface area contributed by atoms with Gasteiger partial charge >= 0.3 is 0 Å². The smallest absolute Gasteiger partial charge is 0.188 e. The molecule has 1 heterocycles. The summed E-state index contributed by atoms with van der Waals surface area (Å²) in [7, 11) is 0. The lowest BCUT2D eigenvalue weighted by Gasteiger charge is -2.20. The first-order valence-corrected chi connectivity index (χ1v) is 4.01. The molecule has 0 bridgehead atoms. The van der Waals surface area contributed by atoms with Crippen molar-refractivity contribution in [1.29, 1.82) is 0 Å². The van der Waals surface area contributed by atoms with Crippen molar-refractivity contribution in [3.8, 4) is 0 Å². The van der Waals surface area contributed by atoms with Gasteiger partial charge in [-0.1, -0.05) is 6.92 Å². The molecule has 0 aliphatic carbocycles. The normalized spacial score (nSPS) is 26.4. The number of hydrogen-bond donors (Lipinski definition) is 0. The van der Waals surface area contributed by atoms with Gasteiger partial charge in [0.1, 0.15) is 0 Å². The van der Waals surface area contributed by atoms with Crippen molar-refractivity contribution in [3.05, 3.63) is 16.5 Å². The van der Waals surface area contributed by atoms with E-state index in [2.05, 4.69) is 6.92 Å². The first kappa shape index (κ1) is 8.31. The lowest BCUT2D eigenvalue weighted by molar-refractivity contribution is -0.408. The van der Waals surface area contributed by atoms with E-state index in [9.17, 15) is 5.21 Å². The standard InChI is InChI=1S/C9H15NO/c1-6-5-7(2)9(4)10(11)8(6)3/h6H,5H2,1-4H3. The molecule has 0 amide bonds. The van der Waals surface area contributed by atoms with Crippen LogP contribution in [-0.2, 0) is 0 Å². The third-order valence-corrected chi connectivity index (χ3v) is 2.57. The Hall–Kier alpha value is -0.790. The van der Waals surface area contributed by atoms with Crippen LogP contribution in [-0.4, -0.2) is 10.5 Å². The van der Waals surface area contributed by atoms with Gasteiger partial charge < -0.3 is 5.21 Å². The first-order chi connectivity index (χ1) is 5.04. The minimum atomic E-state index is 0.413. The van der Waals surface area contributed by atoms with Crippen LogP contribution in [0.25, 0.3) is 0 Å². The van der Waals surface area contributed by atoms with Crippen LogP contribution in [0.3, 0.4) is 0 Å². The van der Waals surface area contributed by atoms with Gasteiger partial charge in [-0.25, -0.2) is 0 Å². The second kappa shape index (κ2) is 2.68. The van der Waals surface area contributed by atoms with Crippen molar-refractivity contribution in [2.75, 3.05) is 0 Å². The maximum absolute atomic E-state index is 11.4. The Morgan fingerprint density at radius 2 is 1.91 bits per heavy atom. The molecular formula is C9H15NO. The summed E-state index contributed by atoms with van der Waals surface area (Å²) < 4.78 is 1.06. The SMILES string of the molecule is CC1=C(C)[N+]([O-])=C(C)C(C)C1. The van der Waals surface area contributed by atoms with Crippen LogP contribution < -0.4 is 0 Å². The van der Waals surface area contributed by atoms with Gasteiger partial charge in [-0.15, -0.1) is 0 Å². The number of nitrogens with zero attached hydrogens (tertiary/aromatic N) is 1. The van der Waals surface area contributed by atoms with Crippen molar-refractivity contribution < 1.29 is 4.74 Å². The van der Waals surface area contributed by atoms with Gasteiger partial charge in [0.15, 0.2) is 11.4 Å². The molecule has 0 saturated heterocycles. The van der Waals surface area contributed by atoms with Crippen molar-refractivity contribution in [3.63, 3.8) is 0 Å². The molecule has 0 N–H and O–H groups in total. The molecule has 1 rings (SSSR count). The molecule has 0 saturated carbocycles. The molecule has 1 atom stereocenters. The minimum Gasteiger partial charge on any atom is -0.619 e. The molecule has 2 heteroatoms. The zero-order valence-electron chi connectivity index (χ0n) is 7.64. The molecule has 0 spiro atoms. The summed E-state index contributed by atoms with van der Waals surface area (Å²) >= 11 is 0. The van der Waals surface area contributed by atoms with Crippen LogP contribution in [0.15, 0.2) is 11.3 Å². The quantitative estimate of drug-likeness (QED) is 0.387. The van der Waals surface area contributed by atoms with E-state index < -0.39 is 0 Å². The number of hydroxylamine groups is 1. The second-order valence-electron chi connectivity index (χ2n) is 3.41. The van der Waals surface area contributed by atoms with Gasteiger partial charge in [0.2, 0.25) is 0 Å². The van der Waals surface area contributed by atoms with E-state index in [1.807, 2.05) is 20.8 Å².